The Morgan fingerprint density at radius 2 is 1.93 bits per heavy atom. The van der Waals surface area contributed by atoms with Gasteiger partial charge in [-0.1, -0.05) is 47.5 Å². The predicted octanol–water partition coefficient (Wildman–Crippen LogP) is 5.11. The van der Waals surface area contributed by atoms with Crippen LogP contribution in [0.3, 0.4) is 0 Å². The zero-order valence-corrected chi connectivity index (χ0v) is 15.9. The maximum absolute atomic E-state index is 14.0. The van der Waals surface area contributed by atoms with Crippen molar-refractivity contribution < 1.29 is 18.7 Å². The van der Waals surface area contributed by atoms with E-state index in [-0.39, 0.29) is 17.4 Å². The first-order valence-corrected chi connectivity index (χ1v) is 9.21. The van der Waals surface area contributed by atoms with Crippen LogP contribution in [0.4, 0.5) is 4.39 Å². The van der Waals surface area contributed by atoms with E-state index in [2.05, 4.69) is 0 Å². The summed E-state index contributed by atoms with van der Waals surface area (Å²) in [5.41, 5.74) is 3.40. The minimum absolute atomic E-state index is 0.00266. The molecule has 2 atom stereocenters. The Balaban J connectivity index is 2.04. The molecule has 5 heteroatoms. The minimum Gasteiger partial charge on any atom is -0.465 e. The molecule has 0 amide bonds. The number of aryl methyl sites for hydroxylation is 1. The lowest BCUT2D eigenvalue weighted by atomic mass is 9.73. The molecule has 1 aliphatic carbocycles. The molecule has 2 aromatic rings. The number of halogens is 2. The first-order valence-electron chi connectivity index (χ1n) is 8.83. The molecule has 0 aromatic heterocycles. The quantitative estimate of drug-likeness (QED) is 0.542. The highest BCUT2D eigenvalue weighted by atomic mass is 35.5. The molecule has 0 unspecified atom stereocenters. The highest BCUT2D eigenvalue weighted by molar-refractivity contribution is 6.30. The fourth-order valence-electron chi connectivity index (χ4n) is 3.41. The zero-order chi connectivity index (χ0) is 19.6. The van der Waals surface area contributed by atoms with E-state index < -0.39 is 23.6 Å². The molecule has 3 rings (SSSR count). The van der Waals surface area contributed by atoms with Gasteiger partial charge in [-0.15, -0.1) is 0 Å². The third-order valence-electron chi connectivity index (χ3n) is 4.80. The lowest BCUT2D eigenvalue weighted by Crippen LogP contribution is -2.34. The van der Waals surface area contributed by atoms with E-state index in [0.717, 1.165) is 16.7 Å². The van der Waals surface area contributed by atoms with Gasteiger partial charge in [0.05, 0.1) is 11.6 Å². The van der Waals surface area contributed by atoms with Gasteiger partial charge in [0.2, 0.25) is 0 Å². The zero-order valence-electron chi connectivity index (χ0n) is 15.2. The van der Waals surface area contributed by atoms with Gasteiger partial charge >= 0.3 is 5.97 Å². The Bertz CT molecular complexity index is 902. The van der Waals surface area contributed by atoms with E-state index in [9.17, 15) is 14.0 Å². The Labute approximate surface area is 162 Å². The van der Waals surface area contributed by atoms with Crippen LogP contribution in [-0.4, -0.2) is 18.4 Å². The fourth-order valence-corrected chi connectivity index (χ4v) is 3.53. The van der Waals surface area contributed by atoms with Crippen molar-refractivity contribution in [1.82, 2.24) is 0 Å². The van der Waals surface area contributed by atoms with Crippen LogP contribution in [0.2, 0.25) is 5.02 Å². The number of hydrogen-bond donors (Lipinski definition) is 0. The van der Waals surface area contributed by atoms with Gasteiger partial charge in [-0.2, -0.15) is 0 Å². The molecule has 0 bridgehead atoms. The standard InChI is InChI=1S/C22H20ClFO3/c1-3-27-22(26)21-17(15-8-9-18(23)19(24)11-15)10-16(12-20(21)25)14-6-4-13(2)5-7-14/h4-9,11-12,17,21H,3,10H2,1-2H3/t17-,21-/m1/s1. The van der Waals surface area contributed by atoms with Crippen LogP contribution in [-0.2, 0) is 14.3 Å². The Hall–Kier alpha value is -2.46. The number of allylic oxidation sites excluding steroid dienone is 2. The summed E-state index contributed by atoms with van der Waals surface area (Å²) in [5.74, 6) is -2.97. The normalized spacial score (nSPS) is 19.6. The van der Waals surface area contributed by atoms with Crippen molar-refractivity contribution >= 4 is 28.9 Å². The maximum atomic E-state index is 14.0. The van der Waals surface area contributed by atoms with E-state index in [1.54, 1.807) is 13.0 Å². The van der Waals surface area contributed by atoms with Crippen molar-refractivity contribution in [3.63, 3.8) is 0 Å². The molecule has 0 spiro atoms. The van der Waals surface area contributed by atoms with Gasteiger partial charge < -0.3 is 4.74 Å². The lowest BCUT2D eigenvalue weighted by Gasteiger charge is -2.29. The molecular formula is C22H20ClFO3. The number of esters is 1. The second-order valence-corrected chi connectivity index (χ2v) is 7.06. The van der Waals surface area contributed by atoms with Crippen LogP contribution in [0.15, 0.2) is 48.5 Å². The summed E-state index contributed by atoms with van der Waals surface area (Å²) >= 11 is 5.79. The largest absolute Gasteiger partial charge is 0.465 e. The molecule has 27 heavy (non-hydrogen) atoms. The first kappa shape index (κ1) is 19.3. The smallest absolute Gasteiger partial charge is 0.317 e. The number of hydrogen-bond acceptors (Lipinski definition) is 3. The van der Waals surface area contributed by atoms with Crippen LogP contribution in [0.5, 0.6) is 0 Å². The maximum Gasteiger partial charge on any atom is 0.317 e. The molecule has 0 heterocycles. The fraction of sp³-hybridized carbons (Fsp3) is 0.273. The molecule has 3 nitrogen and oxygen atoms in total. The summed E-state index contributed by atoms with van der Waals surface area (Å²) in [5, 5.41) is 0.00266. The number of ether oxygens (including phenoxy) is 1. The van der Waals surface area contributed by atoms with Crippen molar-refractivity contribution in [2.24, 2.45) is 5.92 Å². The number of carbonyl (C=O) groups is 2. The van der Waals surface area contributed by atoms with E-state index >= 15 is 0 Å². The highest BCUT2D eigenvalue weighted by Gasteiger charge is 2.40. The first-order chi connectivity index (χ1) is 12.9. The third-order valence-corrected chi connectivity index (χ3v) is 5.11. The van der Waals surface area contributed by atoms with Crippen molar-refractivity contribution in [3.8, 4) is 0 Å². The summed E-state index contributed by atoms with van der Waals surface area (Å²) in [6.07, 6.45) is 1.94. The van der Waals surface area contributed by atoms with Gasteiger partial charge in [-0.3, -0.25) is 9.59 Å². The minimum atomic E-state index is -0.986. The second-order valence-electron chi connectivity index (χ2n) is 6.65. The summed E-state index contributed by atoms with van der Waals surface area (Å²) in [7, 11) is 0. The Morgan fingerprint density at radius 3 is 2.56 bits per heavy atom. The summed E-state index contributed by atoms with van der Waals surface area (Å²) in [4.78, 5) is 25.2. The van der Waals surface area contributed by atoms with Crippen LogP contribution in [0, 0.1) is 18.7 Å². The average molecular weight is 387 g/mol. The van der Waals surface area contributed by atoms with Gasteiger partial charge in [0.15, 0.2) is 5.78 Å². The number of carbonyl (C=O) groups excluding carboxylic acids is 2. The number of rotatable bonds is 4. The summed E-state index contributed by atoms with van der Waals surface area (Å²) < 4.78 is 19.1. The van der Waals surface area contributed by atoms with Gasteiger partial charge in [0, 0.05) is 5.92 Å². The topological polar surface area (TPSA) is 43.4 Å². The molecule has 1 aliphatic rings. The van der Waals surface area contributed by atoms with E-state index in [1.165, 1.54) is 18.2 Å². The summed E-state index contributed by atoms with van der Waals surface area (Å²) in [6, 6.07) is 12.2. The van der Waals surface area contributed by atoms with E-state index in [4.69, 9.17) is 16.3 Å². The predicted molar refractivity (Wildman–Crippen MR) is 103 cm³/mol. The van der Waals surface area contributed by atoms with E-state index in [1.807, 2.05) is 31.2 Å². The van der Waals surface area contributed by atoms with Gasteiger partial charge in [0.1, 0.15) is 11.7 Å². The van der Waals surface area contributed by atoms with Gasteiger partial charge in [-0.25, -0.2) is 4.39 Å². The Morgan fingerprint density at radius 1 is 1.22 bits per heavy atom. The van der Waals surface area contributed by atoms with Crippen molar-refractivity contribution in [3.05, 3.63) is 76.1 Å². The molecule has 0 saturated carbocycles. The molecular weight excluding hydrogens is 367 g/mol. The van der Waals surface area contributed by atoms with Crippen LogP contribution in [0.1, 0.15) is 36.0 Å². The monoisotopic (exact) mass is 386 g/mol. The SMILES string of the molecule is CCOC(=O)[C@H]1C(=O)C=C(c2ccc(C)cc2)C[C@@H]1c1ccc(Cl)c(F)c1. The van der Waals surface area contributed by atoms with E-state index in [0.29, 0.717) is 12.0 Å². The van der Waals surface area contributed by atoms with Crippen molar-refractivity contribution in [2.75, 3.05) is 6.61 Å². The third kappa shape index (κ3) is 4.11. The van der Waals surface area contributed by atoms with Crippen LogP contribution < -0.4 is 0 Å². The Kier molecular flexibility index (Phi) is 5.76. The number of benzene rings is 2. The molecule has 0 radical (unpaired) electrons. The second kappa shape index (κ2) is 8.05. The number of ketones is 1. The molecule has 140 valence electrons. The molecule has 0 N–H and O–H groups in total. The van der Waals surface area contributed by atoms with Crippen LogP contribution >= 0.6 is 11.6 Å². The molecule has 0 fully saturated rings. The molecule has 0 aliphatic heterocycles. The van der Waals surface area contributed by atoms with Gasteiger partial charge in [0.25, 0.3) is 0 Å². The average Bonchev–Trinajstić information content (AvgIpc) is 2.64. The van der Waals surface area contributed by atoms with Crippen molar-refractivity contribution in [2.45, 2.75) is 26.2 Å². The molecule has 0 saturated heterocycles. The van der Waals surface area contributed by atoms with Crippen LogP contribution in [0.25, 0.3) is 5.57 Å². The van der Waals surface area contributed by atoms with Crippen molar-refractivity contribution in [1.29, 1.82) is 0 Å². The lowest BCUT2D eigenvalue weighted by molar-refractivity contribution is -0.151. The highest BCUT2D eigenvalue weighted by Crippen LogP contribution is 2.41. The van der Waals surface area contributed by atoms with Gasteiger partial charge in [-0.05, 0) is 55.2 Å². The molecule has 2 aromatic carbocycles. The summed E-state index contributed by atoms with van der Waals surface area (Å²) in [6.45, 7) is 3.86.